The van der Waals surface area contributed by atoms with Gasteiger partial charge in [0.1, 0.15) is 10.6 Å². The largest absolute Gasteiger partial charge is 0.378 e. The van der Waals surface area contributed by atoms with Gasteiger partial charge in [0.2, 0.25) is 5.91 Å². The second kappa shape index (κ2) is 8.78. The van der Waals surface area contributed by atoms with Gasteiger partial charge in [0.25, 0.3) is 0 Å². The summed E-state index contributed by atoms with van der Waals surface area (Å²) < 4.78 is 13.9. The average molecular weight is 447 g/mol. The number of hydrogen-bond donors (Lipinski definition) is 1. The second-order valence-corrected chi connectivity index (χ2v) is 9.65. The van der Waals surface area contributed by atoms with Gasteiger partial charge in [-0.3, -0.25) is 14.8 Å². The molecule has 0 bridgehead atoms. The van der Waals surface area contributed by atoms with Crippen molar-refractivity contribution in [2.75, 3.05) is 14.1 Å². The van der Waals surface area contributed by atoms with Crippen molar-refractivity contribution in [3.63, 3.8) is 0 Å². The average Bonchev–Trinajstić information content (AvgIpc) is 2.68. The summed E-state index contributed by atoms with van der Waals surface area (Å²) in [4.78, 5) is 22.9. The molecule has 0 fully saturated rings. The van der Waals surface area contributed by atoms with Crippen molar-refractivity contribution in [3.8, 4) is 0 Å². The number of benzene rings is 1. The predicted octanol–water partition coefficient (Wildman–Crippen LogP) is 4.85. The Kier molecular flexibility index (Phi) is 6.53. The quantitative estimate of drug-likeness (QED) is 0.728. The minimum absolute atomic E-state index is 0.0103. The van der Waals surface area contributed by atoms with Gasteiger partial charge in [-0.1, -0.05) is 35.5 Å². The van der Waals surface area contributed by atoms with Crippen molar-refractivity contribution in [2.24, 2.45) is 10.7 Å². The SMILES string of the molecule is Cc1ccc(/C=C(\F)c2ccc(Cl)cn2)cc1C1CC(C)(C(=O)N(C)C)SC(N)=N1. The molecule has 0 aliphatic carbocycles. The monoisotopic (exact) mass is 446 g/mol. The summed E-state index contributed by atoms with van der Waals surface area (Å²) in [5.74, 6) is -0.472. The Balaban J connectivity index is 1.95. The number of halogens is 2. The van der Waals surface area contributed by atoms with Crippen molar-refractivity contribution >= 4 is 46.3 Å². The van der Waals surface area contributed by atoms with Gasteiger partial charge in [0.15, 0.2) is 5.17 Å². The van der Waals surface area contributed by atoms with Crippen LogP contribution in [-0.4, -0.2) is 39.8 Å². The molecule has 2 atom stereocenters. The van der Waals surface area contributed by atoms with Gasteiger partial charge in [-0.2, -0.15) is 0 Å². The van der Waals surface area contributed by atoms with Crippen LogP contribution in [-0.2, 0) is 4.79 Å². The summed E-state index contributed by atoms with van der Waals surface area (Å²) in [6.45, 7) is 3.86. The van der Waals surface area contributed by atoms with Crippen LogP contribution >= 0.6 is 23.4 Å². The number of aromatic nitrogens is 1. The second-order valence-electron chi connectivity index (χ2n) is 7.69. The maximum Gasteiger partial charge on any atom is 0.238 e. The van der Waals surface area contributed by atoms with E-state index in [4.69, 9.17) is 17.3 Å². The number of nitrogens with zero attached hydrogens (tertiary/aromatic N) is 3. The van der Waals surface area contributed by atoms with E-state index < -0.39 is 10.6 Å². The fourth-order valence-electron chi connectivity index (χ4n) is 3.50. The molecule has 30 heavy (non-hydrogen) atoms. The van der Waals surface area contributed by atoms with Crippen molar-refractivity contribution in [1.82, 2.24) is 9.88 Å². The molecular formula is C22H24ClFN4OS. The Hall–Kier alpha value is -2.38. The maximum atomic E-state index is 14.7. The van der Waals surface area contributed by atoms with Crippen LogP contribution in [0.5, 0.6) is 0 Å². The molecule has 0 radical (unpaired) electrons. The molecule has 0 saturated heterocycles. The summed E-state index contributed by atoms with van der Waals surface area (Å²) in [6.07, 6.45) is 3.34. The molecule has 2 N–H and O–H groups in total. The first-order valence-electron chi connectivity index (χ1n) is 9.43. The number of hydrogen-bond acceptors (Lipinski definition) is 5. The van der Waals surface area contributed by atoms with E-state index in [1.54, 1.807) is 25.1 Å². The van der Waals surface area contributed by atoms with E-state index in [0.29, 0.717) is 22.2 Å². The Morgan fingerprint density at radius 3 is 2.73 bits per heavy atom. The number of aliphatic imine (C=N–C) groups is 1. The van der Waals surface area contributed by atoms with E-state index >= 15 is 0 Å². The van der Waals surface area contributed by atoms with Crippen molar-refractivity contribution < 1.29 is 9.18 Å². The van der Waals surface area contributed by atoms with Crippen LogP contribution in [0.25, 0.3) is 11.9 Å². The molecular weight excluding hydrogens is 423 g/mol. The number of carbonyl (C=O) groups is 1. The fraction of sp³-hybridized carbons (Fsp3) is 0.318. The van der Waals surface area contributed by atoms with Gasteiger partial charge in [-0.25, -0.2) is 4.39 Å². The Morgan fingerprint density at radius 1 is 1.37 bits per heavy atom. The van der Waals surface area contributed by atoms with Crippen LogP contribution in [0.3, 0.4) is 0 Å². The number of nitrogens with two attached hydrogens (primary N) is 1. The fourth-order valence-corrected chi connectivity index (χ4v) is 4.76. The number of thioether (sulfide) groups is 1. The highest BCUT2D eigenvalue weighted by atomic mass is 35.5. The first kappa shape index (κ1) is 22.3. The van der Waals surface area contributed by atoms with Crippen molar-refractivity contribution in [2.45, 2.75) is 31.1 Å². The molecule has 1 aliphatic rings. The van der Waals surface area contributed by atoms with Gasteiger partial charge in [0, 0.05) is 20.3 Å². The normalized spacial score (nSPS) is 21.9. The molecule has 158 valence electrons. The van der Waals surface area contributed by atoms with E-state index in [9.17, 15) is 9.18 Å². The third kappa shape index (κ3) is 4.84. The number of aryl methyl sites for hydroxylation is 1. The van der Waals surface area contributed by atoms with E-state index in [2.05, 4.69) is 9.98 Å². The van der Waals surface area contributed by atoms with Crippen molar-refractivity contribution in [1.29, 1.82) is 0 Å². The van der Waals surface area contributed by atoms with Crippen LogP contribution in [0.4, 0.5) is 4.39 Å². The highest BCUT2D eigenvalue weighted by molar-refractivity contribution is 8.15. The van der Waals surface area contributed by atoms with Gasteiger partial charge >= 0.3 is 0 Å². The minimum Gasteiger partial charge on any atom is -0.378 e. The number of amidine groups is 1. The number of pyridine rings is 1. The molecule has 0 saturated carbocycles. The van der Waals surface area contributed by atoms with Crippen molar-refractivity contribution in [3.05, 3.63) is 63.9 Å². The van der Waals surface area contributed by atoms with Crippen LogP contribution in [0.1, 0.15) is 41.8 Å². The minimum atomic E-state index is -0.712. The molecule has 2 aromatic rings. The molecule has 5 nitrogen and oxygen atoms in total. The van der Waals surface area contributed by atoms with Crippen LogP contribution in [0.2, 0.25) is 5.02 Å². The summed E-state index contributed by atoms with van der Waals surface area (Å²) in [7, 11) is 3.46. The first-order chi connectivity index (χ1) is 14.1. The van der Waals surface area contributed by atoms with E-state index in [-0.39, 0.29) is 17.6 Å². The zero-order valence-corrected chi connectivity index (χ0v) is 18.9. The molecule has 0 spiro atoms. The number of rotatable bonds is 4. The molecule has 1 aromatic heterocycles. The number of carbonyl (C=O) groups excluding carboxylic acids is 1. The highest BCUT2D eigenvalue weighted by Crippen LogP contribution is 2.43. The Morgan fingerprint density at radius 2 is 2.10 bits per heavy atom. The van der Waals surface area contributed by atoms with Crippen LogP contribution in [0.15, 0.2) is 41.5 Å². The lowest BCUT2D eigenvalue weighted by molar-refractivity contribution is -0.131. The van der Waals surface area contributed by atoms with E-state index in [1.165, 1.54) is 30.1 Å². The van der Waals surface area contributed by atoms with Gasteiger partial charge in [0.05, 0.1) is 16.8 Å². The van der Waals surface area contributed by atoms with Gasteiger partial charge < -0.3 is 10.6 Å². The molecule has 2 heterocycles. The van der Waals surface area contributed by atoms with Gasteiger partial charge in [-0.15, -0.1) is 0 Å². The lowest BCUT2D eigenvalue weighted by atomic mass is 9.90. The molecule has 1 aromatic carbocycles. The Labute approximate surface area is 185 Å². The maximum absolute atomic E-state index is 14.7. The summed E-state index contributed by atoms with van der Waals surface area (Å²) in [6, 6.07) is 8.49. The zero-order chi connectivity index (χ0) is 22.1. The summed E-state index contributed by atoms with van der Waals surface area (Å²) >= 11 is 7.11. The standard InChI is InChI=1S/C22H24ClFN4OS/c1-13-5-6-14(10-17(24)18-8-7-15(23)12-26-18)9-16(13)19-11-22(2,20(29)28(3)4)30-21(25)27-19/h5-10,12,19H,11H2,1-4H3,(H2,25,27)/b17-10-. The smallest absolute Gasteiger partial charge is 0.238 e. The van der Waals surface area contributed by atoms with Crippen LogP contribution in [0, 0.1) is 6.92 Å². The van der Waals surface area contributed by atoms with Gasteiger partial charge in [-0.05, 0) is 61.2 Å². The zero-order valence-electron chi connectivity index (χ0n) is 17.3. The lowest BCUT2D eigenvalue weighted by Crippen LogP contribution is -2.45. The topological polar surface area (TPSA) is 71.6 Å². The molecule has 8 heteroatoms. The first-order valence-corrected chi connectivity index (χ1v) is 10.6. The molecule has 1 aliphatic heterocycles. The van der Waals surface area contributed by atoms with E-state index in [0.717, 1.165) is 11.1 Å². The third-order valence-electron chi connectivity index (χ3n) is 4.98. The molecule has 3 rings (SSSR count). The predicted molar refractivity (Wildman–Crippen MR) is 123 cm³/mol. The van der Waals surface area contributed by atoms with Crippen LogP contribution < -0.4 is 5.73 Å². The summed E-state index contributed by atoms with van der Waals surface area (Å²) in [5, 5.41) is 0.825. The van der Waals surface area contributed by atoms with E-state index in [1.807, 2.05) is 32.0 Å². The molecule has 2 unspecified atom stereocenters. The molecule has 1 amide bonds. The Bertz CT molecular complexity index is 1020. The third-order valence-corrected chi connectivity index (χ3v) is 6.31. The number of amides is 1. The highest BCUT2D eigenvalue weighted by Gasteiger charge is 2.42. The summed E-state index contributed by atoms with van der Waals surface area (Å²) in [5.41, 5.74) is 8.90. The lowest BCUT2D eigenvalue weighted by Gasteiger charge is -2.36.